The van der Waals surface area contributed by atoms with Crippen molar-refractivity contribution in [2.24, 2.45) is 0 Å². The molecular formula is C38H24N2OS. The first-order chi connectivity index (χ1) is 20.8. The van der Waals surface area contributed by atoms with Crippen LogP contribution in [0.3, 0.4) is 0 Å². The number of para-hydroxylation sites is 4. The quantitative estimate of drug-likeness (QED) is 0.215. The highest BCUT2D eigenvalue weighted by molar-refractivity contribution is 7.26. The smallest absolute Gasteiger partial charge is 0.154 e. The third-order valence-corrected chi connectivity index (χ3v) is 9.34. The van der Waals surface area contributed by atoms with Gasteiger partial charge in [0.15, 0.2) is 5.58 Å². The topological polar surface area (TPSA) is 21.3 Å². The van der Waals surface area contributed by atoms with E-state index in [9.17, 15) is 0 Å². The third-order valence-electron chi connectivity index (χ3n) is 8.17. The van der Waals surface area contributed by atoms with E-state index in [1.165, 1.54) is 36.6 Å². The van der Waals surface area contributed by atoms with Gasteiger partial charge in [-0.05, 0) is 78.9 Å². The van der Waals surface area contributed by atoms with Crippen molar-refractivity contribution in [2.45, 2.75) is 0 Å². The van der Waals surface area contributed by atoms with E-state index >= 15 is 0 Å². The highest BCUT2D eigenvalue weighted by atomic mass is 32.1. The molecule has 0 spiro atoms. The van der Waals surface area contributed by atoms with Crippen LogP contribution in [-0.4, -0.2) is 4.57 Å². The Bertz CT molecular complexity index is 2420. The molecule has 0 fully saturated rings. The van der Waals surface area contributed by atoms with Gasteiger partial charge in [0, 0.05) is 49.0 Å². The van der Waals surface area contributed by atoms with Crippen LogP contribution < -0.4 is 4.90 Å². The van der Waals surface area contributed by atoms with Crippen molar-refractivity contribution in [3.05, 3.63) is 146 Å². The second-order valence-electron chi connectivity index (χ2n) is 10.6. The van der Waals surface area contributed by atoms with Gasteiger partial charge in [-0.15, -0.1) is 11.3 Å². The van der Waals surface area contributed by atoms with Gasteiger partial charge in [-0.2, -0.15) is 0 Å². The van der Waals surface area contributed by atoms with Crippen molar-refractivity contribution in [3.8, 4) is 5.69 Å². The molecule has 3 heterocycles. The number of anilines is 3. The average molecular weight is 557 g/mol. The van der Waals surface area contributed by atoms with Gasteiger partial charge in [-0.25, -0.2) is 0 Å². The summed E-state index contributed by atoms with van der Waals surface area (Å²) < 4.78 is 11.1. The molecule has 0 atom stereocenters. The van der Waals surface area contributed by atoms with Crippen molar-refractivity contribution in [1.82, 2.24) is 4.57 Å². The first-order valence-electron chi connectivity index (χ1n) is 14.1. The number of nitrogens with zero attached hydrogens (tertiary/aromatic N) is 2. The molecule has 198 valence electrons. The molecule has 0 saturated heterocycles. The lowest BCUT2D eigenvalue weighted by atomic mass is 10.1. The van der Waals surface area contributed by atoms with Gasteiger partial charge < -0.3 is 13.9 Å². The maximum absolute atomic E-state index is 6.30. The van der Waals surface area contributed by atoms with Gasteiger partial charge in [-0.3, -0.25) is 0 Å². The molecule has 3 aromatic heterocycles. The molecule has 6 aromatic carbocycles. The van der Waals surface area contributed by atoms with Crippen molar-refractivity contribution in [1.29, 1.82) is 0 Å². The molecular weight excluding hydrogens is 532 g/mol. The van der Waals surface area contributed by atoms with Crippen molar-refractivity contribution < 1.29 is 4.42 Å². The molecule has 0 N–H and O–H groups in total. The Morgan fingerprint density at radius 2 is 1.17 bits per heavy atom. The van der Waals surface area contributed by atoms with Crippen LogP contribution in [0.1, 0.15) is 0 Å². The van der Waals surface area contributed by atoms with Crippen LogP contribution in [-0.2, 0) is 0 Å². The lowest BCUT2D eigenvalue weighted by Crippen LogP contribution is -2.09. The number of hydrogen-bond acceptors (Lipinski definition) is 3. The molecule has 9 rings (SSSR count). The summed E-state index contributed by atoms with van der Waals surface area (Å²) in [6.45, 7) is 0. The van der Waals surface area contributed by atoms with Crippen LogP contribution in [0.2, 0.25) is 0 Å². The van der Waals surface area contributed by atoms with Crippen LogP contribution in [0.5, 0.6) is 0 Å². The molecule has 0 saturated carbocycles. The van der Waals surface area contributed by atoms with E-state index in [1.807, 2.05) is 12.1 Å². The molecule has 0 aliphatic rings. The van der Waals surface area contributed by atoms with Crippen LogP contribution in [0, 0.1) is 0 Å². The second kappa shape index (κ2) is 9.10. The zero-order chi connectivity index (χ0) is 27.6. The van der Waals surface area contributed by atoms with Crippen LogP contribution in [0.15, 0.2) is 150 Å². The van der Waals surface area contributed by atoms with E-state index in [0.29, 0.717) is 0 Å². The monoisotopic (exact) mass is 556 g/mol. The number of furan rings is 1. The summed E-state index contributed by atoms with van der Waals surface area (Å²) in [7, 11) is 0. The standard InChI is InChI=1S/C38H24N2OS/c1-3-11-25(12-4-1)39(28-19-21-31-36(24-28)42-38-30-16-8-10-18-35(30)41-37(31)38)27-20-22-34-32(23-27)29-15-7-9-17-33(29)40(34)26-13-5-2-6-14-26/h1-24H. The van der Waals surface area contributed by atoms with E-state index in [1.54, 1.807) is 11.3 Å². The summed E-state index contributed by atoms with van der Waals surface area (Å²) in [5, 5.41) is 4.81. The second-order valence-corrected chi connectivity index (χ2v) is 11.7. The summed E-state index contributed by atoms with van der Waals surface area (Å²) in [5.74, 6) is 0. The lowest BCUT2D eigenvalue weighted by Gasteiger charge is -2.25. The highest BCUT2D eigenvalue weighted by Gasteiger charge is 2.19. The minimum Gasteiger partial charge on any atom is -0.454 e. The first kappa shape index (κ1) is 23.4. The van der Waals surface area contributed by atoms with Gasteiger partial charge in [-0.1, -0.05) is 66.7 Å². The molecule has 0 unspecified atom stereocenters. The zero-order valence-electron chi connectivity index (χ0n) is 22.6. The van der Waals surface area contributed by atoms with Crippen molar-refractivity contribution in [2.75, 3.05) is 4.90 Å². The Morgan fingerprint density at radius 1 is 0.500 bits per heavy atom. The molecule has 0 bridgehead atoms. The molecule has 9 aromatic rings. The number of hydrogen-bond donors (Lipinski definition) is 0. The number of rotatable bonds is 4. The first-order valence-corrected chi connectivity index (χ1v) is 14.9. The predicted octanol–water partition coefficient (Wildman–Crippen LogP) is 11.4. The van der Waals surface area contributed by atoms with E-state index < -0.39 is 0 Å². The minimum absolute atomic E-state index is 0.943. The lowest BCUT2D eigenvalue weighted by molar-refractivity contribution is 0.673. The molecule has 3 nitrogen and oxygen atoms in total. The van der Waals surface area contributed by atoms with Gasteiger partial charge in [0.1, 0.15) is 5.58 Å². The molecule has 0 radical (unpaired) electrons. The van der Waals surface area contributed by atoms with E-state index in [0.717, 1.165) is 39.3 Å². The van der Waals surface area contributed by atoms with E-state index in [2.05, 4.69) is 143 Å². The SMILES string of the molecule is c1ccc(N(c2ccc3c(c2)sc2c4ccccc4oc32)c2ccc3c(c2)c2ccccc2n3-c2ccccc2)cc1. The van der Waals surface area contributed by atoms with Gasteiger partial charge >= 0.3 is 0 Å². The third kappa shape index (κ3) is 3.46. The van der Waals surface area contributed by atoms with Crippen molar-refractivity contribution in [3.63, 3.8) is 0 Å². The zero-order valence-corrected chi connectivity index (χ0v) is 23.4. The fourth-order valence-corrected chi connectivity index (χ4v) is 7.51. The number of fused-ring (bicyclic) bond motifs is 8. The Hall–Kier alpha value is -5.32. The fraction of sp³-hybridized carbons (Fsp3) is 0. The van der Waals surface area contributed by atoms with Crippen LogP contribution in [0.25, 0.3) is 58.8 Å². The summed E-state index contributed by atoms with van der Waals surface area (Å²) in [6.07, 6.45) is 0. The van der Waals surface area contributed by atoms with E-state index in [-0.39, 0.29) is 0 Å². The Labute approximate surface area is 246 Å². The molecule has 42 heavy (non-hydrogen) atoms. The maximum atomic E-state index is 6.30. The van der Waals surface area contributed by atoms with E-state index in [4.69, 9.17) is 4.42 Å². The molecule has 0 aliphatic heterocycles. The summed E-state index contributed by atoms with van der Waals surface area (Å²) in [6, 6.07) is 51.8. The summed E-state index contributed by atoms with van der Waals surface area (Å²) in [5.41, 5.74) is 8.84. The fourth-order valence-electron chi connectivity index (χ4n) is 6.31. The van der Waals surface area contributed by atoms with Crippen molar-refractivity contribution >= 4 is 81.5 Å². The maximum Gasteiger partial charge on any atom is 0.154 e. The normalized spacial score (nSPS) is 11.8. The average Bonchev–Trinajstić information content (AvgIpc) is 3.70. The molecule has 0 amide bonds. The van der Waals surface area contributed by atoms with Gasteiger partial charge in [0.05, 0.1) is 15.7 Å². The summed E-state index contributed by atoms with van der Waals surface area (Å²) >= 11 is 1.80. The molecule has 4 heteroatoms. The van der Waals surface area contributed by atoms with Crippen LogP contribution in [0.4, 0.5) is 17.1 Å². The van der Waals surface area contributed by atoms with Crippen LogP contribution >= 0.6 is 11.3 Å². The Morgan fingerprint density at radius 3 is 2.02 bits per heavy atom. The number of thiophene rings is 1. The number of benzene rings is 6. The Kier molecular flexibility index (Phi) is 5.07. The summed E-state index contributed by atoms with van der Waals surface area (Å²) in [4.78, 5) is 2.35. The largest absolute Gasteiger partial charge is 0.454 e. The number of aromatic nitrogens is 1. The predicted molar refractivity (Wildman–Crippen MR) is 178 cm³/mol. The van der Waals surface area contributed by atoms with Gasteiger partial charge in [0.2, 0.25) is 0 Å². The highest BCUT2D eigenvalue weighted by Crippen LogP contribution is 2.44. The minimum atomic E-state index is 0.943. The van der Waals surface area contributed by atoms with Gasteiger partial charge in [0.25, 0.3) is 0 Å². The Balaban J connectivity index is 1.26. The molecule has 0 aliphatic carbocycles.